The van der Waals surface area contributed by atoms with Crippen LogP contribution in [0, 0.1) is 0 Å². The summed E-state index contributed by atoms with van der Waals surface area (Å²) in [6.45, 7) is 4.01. The first-order valence-corrected chi connectivity index (χ1v) is 11.1. The minimum Gasteiger partial charge on any atom is -0.376 e. The van der Waals surface area contributed by atoms with Gasteiger partial charge in [0.05, 0.1) is 6.10 Å². The molecule has 0 aromatic rings. The Labute approximate surface area is 186 Å². The fourth-order valence-electron chi connectivity index (χ4n) is 3.48. The fraction of sp³-hybridized carbons (Fsp3) is 0.895. The second kappa shape index (κ2) is 13.9. The molecule has 0 radical (unpaired) electrons. The summed E-state index contributed by atoms with van der Waals surface area (Å²) < 4.78 is 5.81. The summed E-state index contributed by atoms with van der Waals surface area (Å²) in [7, 11) is 3.53. The van der Waals surface area contributed by atoms with Gasteiger partial charge in [-0.3, -0.25) is 4.79 Å². The molecule has 2 rings (SSSR count). The van der Waals surface area contributed by atoms with Gasteiger partial charge in [-0.05, 0) is 44.3 Å². The molecule has 3 atom stereocenters. The number of hydrogen-bond donors (Lipinski definition) is 2. The minimum absolute atomic E-state index is 0. The van der Waals surface area contributed by atoms with Gasteiger partial charge in [-0.2, -0.15) is 11.8 Å². The van der Waals surface area contributed by atoms with Crippen LogP contribution in [-0.2, 0) is 9.53 Å². The highest BCUT2D eigenvalue weighted by atomic mass is 127. The first-order valence-electron chi connectivity index (χ1n) is 10.1. The fourth-order valence-corrected chi connectivity index (χ4v) is 4.65. The third-order valence-electron chi connectivity index (χ3n) is 5.01. The van der Waals surface area contributed by atoms with Crippen molar-refractivity contribution in [1.29, 1.82) is 0 Å². The summed E-state index contributed by atoms with van der Waals surface area (Å²) in [5.41, 5.74) is 0. The largest absolute Gasteiger partial charge is 0.376 e. The van der Waals surface area contributed by atoms with Gasteiger partial charge in [0.15, 0.2) is 5.96 Å². The van der Waals surface area contributed by atoms with E-state index in [1.165, 1.54) is 37.9 Å². The van der Waals surface area contributed by atoms with Crippen LogP contribution in [0.2, 0.25) is 0 Å². The molecule has 27 heavy (non-hydrogen) atoms. The van der Waals surface area contributed by atoms with E-state index in [9.17, 15) is 4.79 Å². The third-order valence-corrected chi connectivity index (χ3v) is 6.24. The number of nitrogens with one attached hydrogen (secondary N) is 2. The maximum atomic E-state index is 11.9. The number of thioether (sulfide) groups is 1. The lowest BCUT2D eigenvalue weighted by molar-refractivity contribution is -0.127. The van der Waals surface area contributed by atoms with E-state index in [0.29, 0.717) is 6.04 Å². The first-order chi connectivity index (χ1) is 12.6. The van der Waals surface area contributed by atoms with E-state index >= 15 is 0 Å². The predicted molar refractivity (Wildman–Crippen MR) is 125 cm³/mol. The SMILES string of the molecule is CCSC1CCCC(NC(=NCC(=O)N(C)C)NCC2CCCCO2)C1.I. The number of hydrogen-bond acceptors (Lipinski definition) is 4. The van der Waals surface area contributed by atoms with Crippen molar-refractivity contribution in [3.05, 3.63) is 0 Å². The number of halogens is 1. The van der Waals surface area contributed by atoms with Gasteiger partial charge in [-0.25, -0.2) is 4.99 Å². The Morgan fingerprint density at radius 3 is 2.70 bits per heavy atom. The van der Waals surface area contributed by atoms with Crippen LogP contribution in [0.5, 0.6) is 0 Å². The highest BCUT2D eigenvalue weighted by molar-refractivity contribution is 14.0. The number of carbonyl (C=O) groups excluding carboxylic acids is 1. The van der Waals surface area contributed by atoms with Crippen molar-refractivity contribution >= 4 is 47.6 Å². The van der Waals surface area contributed by atoms with Gasteiger partial charge in [0.1, 0.15) is 6.54 Å². The van der Waals surface area contributed by atoms with Crippen LogP contribution in [0.15, 0.2) is 4.99 Å². The van der Waals surface area contributed by atoms with E-state index in [1.807, 2.05) is 0 Å². The van der Waals surface area contributed by atoms with Crippen LogP contribution in [0.3, 0.4) is 0 Å². The van der Waals surface area contributed by atoms with Gasteiger partial charge >= 0.3 is 0 Å². The number of carbonyl (C=O) groups is 1. The van der Waals surface area contributed by atoms with Crippen molar-refractivity contribution in [1.82, 2.24) is 15.5 Å². The molecule has 1 saturated carbocycles. The molecule has 2 aliphatic rings. The Bertz CT molecular complexity index is 457. The zero-order valence-corrected chi connectivity index (χ0v) is 20.2. The summed E-state index contributed by atoms with van der Waals surface area (Å²) in [6, 6.07) is 0.431. The van der Waals surface area contributed by atoms with E-state index in [0.717, 1.165) is 37.2 Å². The van der Waals surface area contributed by atoms with Crippen LogP contribution >= 0.6 is 35.7 Å². The molecule has 1 heterocycles. The van der Waals surface area contributed by atoms with Gasteiger partial charge in [0.2, 0.25) is 5.91 Å². The van der Waals surface area contributed by atoms with Gasteiger partial charge in [0, 0.05) is 38.5 Å². The monoisotopic (exact) mass is 512 g/mol. The Balaban J connectivity index is 0.00000364. The molecule has 1 aliphatic heterocycles. The molecule has 0 bridgehead atoms. The average molecular weight is 513 g/mol. The number of guanidine groups is 1. The standard InChI is InChI=1S/C19H36N4O2S.HI/c1-4-26-17-10-7-8-15(12-17)22-19(21-14-18(24)23(2)3)20-13-16-9-5-6-11-25-16;/h15-17H,4-14H2,1-3H3,(H2,20,21,22);1H. The number of nitrogens with zero attached hydrogens (tertiary/aromatic N) is 2. The van der Waals surface area contributed by atoms with Crippen LogP contribution in [0.1, 0.15) is 51.9 Å². The lowest BCUT2D eigenvalue weighted by Crippen LogP contribution is -2.48. The van der Waals surface area contributed by atoms with E-state index < -0.39 is 0 Å². The van der Waals surface area contributed by atoms with Crippen molar-refractivity contribution < 1.29 is 9.53 Å². The van der Waals surface area contributed by atoms with Gasteiger partial charge in [-0.15, -0.1) is 24.0 Å². The number of amides is 1. The Kier molecular flexibility index (Phi) is 12.8. The highest BCUT2D eigenvalue weighted by Crippen LogP contribution is 2.28. The summed E-state index contributed by atoms with van der Waals surface area (Å²) in [5, 5.41) is 7.73. The molecule has 1 aliphatic carbocycles. The molecular formula is C19H37IN4O2S. The summed E-state index contributed by atoms with van der Waals surface area (Å²) in [6.07, 6.45) is 8.63. The first kappa shape index (κ1) is 24.8. The molecule has 158 valence electrons. The number of aliphatic imine (C=N–C) groups is 1. The van der Waals surface area contributed by atoms with Crippen LogP contribution in [0.25, 0.3) is 0 Å². The normalized spacial score (nSPS) is 26.0. The molecule has 1 amide bonds. The van der Waals surface area contributed by atoms with Crippen molar-refractivity contribution in [2.75, 3.05) is 39.5 Å². The zero-order valence-electron chi connectivity index (χ0n) is 17.0. The molecule has 0 aromatic heterocycles. The Morgan fingerprint density at radius 1 is 1.22 bits per heavy atom. The quantitative estimate of drug-likeness (QED) is 0.312. The lowest BCUT2D eigenvalue weighted by Gasteiger charge is -2.31. The lowest BCUT2D eigenvalue weighted by atomic mass is 9.95. The third kappa shape index (κ3) is 9.69. The molecule has 2 N–H and O–H groups in total. The molecule has 2 fully saturated rings. The maximum Gasteiger partial charge on any atom is 0.243 e. The van der Waals surface area contributed by atoms with Crippen LogP contribution in [0.4, 0.5) is 0 Å². The van der Waals surface area contributed by atoms with Crippen molar-refractivity contribution in [3.8, 4) is 0 Å². The Hall–Kier alpha value is -0.220. The molecule has 3 unspecified atom stereocenters. The molecule has 1 saturated heterocycles. The van der Waals surface area contributed by atoms with E-state index in [1.54, 1.807) is 19.0 Å². The van der Waals surface area contributed by atoms with E-state index in [2.05, 4.69) is 34.3 Å². The average Bonchev–Trinajstić information content (AvgIpc) is 2.65. The van der Waals surface area contributed by atoms with Crippen molar-refractivity contribution in [3.63, 3.8) is 0 Å². The summed E-state index contributed by atoms with van der Waals surface area (Å²) >= 11 is 2.06. The Morgan fingerprint density at radius 2 is 2.04 bits per heavy atom. The van der Waals surface area contributed by atoms with E-state index in [4.69, 9.17) is 4.74 Å². The molecule has 6 nitrogen and oxygen atoms in total. The van der Waals surface area contributed by atoms with E-state index in [-0.39, 0.29) is 42.5 Å². The zero-order chi connectivity index (χ0) is 18.8. The van der Waals surface area contributed by atoms with Gasteiger partial charge < -0.3 is 20.3 Å². The second-order valence-electron chi connectivity index (χ2n) is 7.41. The van der Waals surface area contributed by atoms with Gasteiger partial charge in [0.25, 0.3) is 0 Å². The highest BCUT2D eigenvalue weighted by Gasteiger charge is 2.23. The summed E-state index contributed by atoms with van der Waals surface area (Å²) in [4.78, 5) is 18.0. The van der Waals surface area contributed by atoms with Gasteiger partial charge in [-0.1, -0.05) is 13.3 Å². The van der Waals surface area contributed by atoms with Crippen molar-refractivity contribution in [2.45, 2.75) is 69.3 Å². The molecular weight excluding hydrogens is 475 g/mol. The van der Waals surface area contributed by atoms with Crippen LogP contribution < -0.4 is 10.6 Å². The summed E-state index contributed by atoms with van der Waals surface area (Å²) in [5.74, 6) is 1.94. The number of rotatable bonds is 7. The topological polar surface area (TPSA) is 66.0 Å². The predicted octanol–water partition coefficient (Wildman–Crippen LogP) is 2.86. The number of ether oxygens (including phenoxy) is 1. The molecule has 0 spiro atoms. The van der Waals surface area contributed by atoms with Crippen LogP contribution in [-0.4, -0.2) is 73.7 Å². The molecule has 8 heteroatoms. The van der Waals surface area contributed by atoms with Crippen molar-refractivity contribution in [2.24, 2.45) is 4.99 Å². The molecule has 0 aromatic carbocycles. The minimum atomic E-state index is 0. The number of likely N-dealkylation sites (N-methyl/N-ethyl adjacent to an activating group) is 1. The smallest absolute Gasteiger partial charge is 0.243 e. The maximum absolute atomic E-state index is 11.9. The second-order valence-corrected chi connectivity index (χ2v) is 8.99.